The highest BCUT2D eigenvalue weighted by atomic mass is 16.2. The quantitative estimate of drug-likeness (QED) is 0.428. The zero-order valence-electron chi connectivity index (χ0n) is 9.02. The fourth-order valence-electron chi connectivity index (χ4n) is 1.43. The molecule has 0 amide bonds. The average molecular weight is 184 g/mol. The highest BCUT2D eigenvalue weighted by molar-refractivity contribution is 4.93. The molecule has 0 aliphatic carbocycles. The first kappa shape index (κ1) is 12.7. The molecule has 0 aromatic rings. The molecule has 0 saturated heterocycles. The molecule has 1 N–H and O–H groups in total. The van der Waals surface area contributed by atoms with E-state index in [9.17, 15) is 0 Å². The second-order valence-electron chi connectivity index (χ2n) is 3.74. The number of allylic oxidation sites excluding steroid dienone is 1. The monoisotopic (exact) mass is 184 g/mol. The molecular formula is C12H24O. The molecule has 0 aromatic carbocycles. The lowest BCUT2D eigenvalue weighted by Gasteiger charge is -2.03. The van der Waals surface area contributed by atoms with E-state index in [2.05, 4.69) is 13.5 Å². The maximum atomic E-state index is 8.62. The number of aliphatic hydroxyl groups excluding tert-OH is 1. The Kier molecular flexibility index (Phi) is 9.56. The van der Waals surface area contributed by atoms with Gasteiger partial charge in [-0.15, -0.1) is 0 Å². The zero-order chi connectivity index (χ0) is 9.94. The highest BCUT2D eigenvalue weighted by Crippen LogP contribution is 2.13. The van der Waals surface area contributed by atoms with Crippen LogP contribution in [0.2, 0.25) is 0 Å². The van der Waals surface area contributed by atoms with E-state index in [4.69, 9.17) is 5.11 Å². The lowest BCUT2D eigenvalue weighted by Crippen LogP contribution is -1.87. The van der Waals surface area contributed by atoms with Crippen molar-refractivity contribution in [3.63, 3.8) is 0 Å². The van der Waals surface area contributed by atoms with Crippen LogP contribution >= 0.6 is 0 Å². The lowest BCUT2D eigenvalue weighted by molar-refractivity contribution is 0.288. The first-order valence-corrected chi connectivity index (χ1v) is 5.58. The highest BCUT2D eigenvalue weighted by Gasteiger charge is 1.94. The van der Waals surface area contributed by atoms with E-state index >= 15 is 0 Å². The average Bonchev–Trinajstić information content (AvgIpc) is 2.14. The number of aliphatic hydroxyl groups is 1. The third-order valence-corrected chi connectivity index (χ3v) is 2.32. The van der Waals surface area contributed by atoms with Gasteiger partial charge in [0, 0.05) is 6.61 Å². The predicted molar refractivity (Wildman–Crippen MR) is 58.8 cm³/mol. The van der Waals surface area contributed by atoms with Gasteiger partial charge in [0.25, 0.3) is 0 Å². The molecule has 0 atom stereocenters. The first-order valence-electron chi connectivity index (χ1n) is 5.58. The van der Waals surface area contributed by atoms with Crippen LogP contribution in [-0.4, -0.2) is 11.7 Å². The summed E-state index contributed by atoms with van der Waals surface area (Å²) >= 11 is 0. The van der Waals surface area contributed by atoms with Crippen LogP contribution in [0.15, 0.2) is 12.2 Å². The van der Waals surface area contributed by atoms with Crippen molar-refractivity contribution < 1.29 is 5.11 Å². The van der Waals surface area contributed by atoms with Crippen molar-refractivity contribution in [1.82, 2.24) is 0 Å². The van der Waals surface area contributed by atoms with Crippen LogP contribution in [0.5, 0.6) is 0 Å². The summed E-state index contributed by atoms with van der Waals surface area (Å²) in [4.78, 5) is 0. The number of hydrogen-bond acceptors (Lipinski definition) is 1. The van der Waals surface area contributed by atoms with Crippen molar-refractivity contribution in [3.05, 3.63) is 12.2 Å². The molecule has 0 bridgehead atoms. The van der Waals surface area contributed by atoms with Gasteiger partial charge in [-0.1, -0.05) is 44.8 Å². The standard InChI is InChI=1S/C12H24O/c1-3-4-5-6-7-9-12(2)10-8-11-13/h13H,2-11H2,1H3. The summed E-state index contributed by atoms with van der Waals surface area (Å²) in [6.07, 6.45) is 9.70. The minimum atomic E-state index is 0.300. The normalized spacial score (nSPS) is 10.3. The summed E-state index contributed by atoms with van der Waals surface area (Å²) in [7, 11) is 0. The van der Waals surface area contributed by atoms with E-state index < -0.39 is 0 Å². The van der Waals surface area contributed by atoms with Gasteiger partial charge in [-0.05, 0) is 25.7 Å². The van der Waals surface area contributed by atoms with Crippen LogP contribution in [0.1, 0.15) is 58.3 Å². The van der Waals surface area contributed by atoms with Gasteiger partial charge in [0.1, 0.15) is 0 Å². The number of hydrogen-bond donors (Lipinski definition) is 1. The molecule has 0 aliphatic rings. The minimum absolute atomic E-state index is 0.300. The smallest absolute Gasteiger partial charge is 0.0434 e. The Morgan fingerprint density at radius 1 is 1.00 bits per heavy atom. The van der Waals surface area contributed by atoms with Crippen LogP contribution in [0.25, 0.3) is 0 Å². The lowest BCUT2D eigenvalue weighted by atomic mass is 10.0. The van der Waals surface area contributed by atoms with E-state index in [1.165, 1.54) is 37.7 Å². The van der Waals surface area contributed by atoms with E-state index in [1.54, 1.807) is 0 Å². The SMILES string of the molecule is C=C(CCCO)CCCCCCC. The van der Waals surface area contributed by atoms with E-state index in [0.717, 1.165) is 19.3 Å². The largest absolute Gasteiger partial charge is 0.396 e. The van der Waals surface area contributed by atoms with Gasteiger partial charge in [-0.25, -0.2) is 0 Å². The van der Waals surface area contributed by atoms with Crippen molar-refractivity contribution in [1.29, 1.82) is 0 Å². The van der Waals surface area contributed by atoms with Crippen LogP contribution in [-0.2, 0) is 0 Å². The minimum Gasteiger partial charge on any atom is -0.396 e. The number of rotatable bonds is 9. The van der Waals surface area contributed by atoms with Crippen LogP contribution in [0.4, 0.5) is 0 Å². The molecule has 0 spiro atoms. The first-order chi connectivity index (χ1) is 6.31. The zero-order valence-corrected chi connectivity index (χ0v) is 9.02. The Morgan fingerprint density at radius 3 is 2.23 bits per heavy atom. The Morgan fingerprint density at radius 2 is 1.62 bits per heavy atom. The fraction of sp³-hybridized carbons (Fsp3) is 0.833. The molecule has 0 fully saturated rings. The Hall–Kier alpha value is -0.300. The van der Waals surface area contributed by atoms with Gasteiger partial charge in [0.05, 0.1) is 0 Å². The summed E-state index contributed by atoms with van der Waals surface area (Å²) in [5.41, 5.74) is 1.31. The Bertz CT molecular complexity index is 118. The molecule has 0 saturated carbocycles. The maximum absolute atomic E-state index is 8.62. The number of unbranched alkanes of at least 4 members (excludes halogenated alkanes) is 4. The maximum Gasteiger partial charge on any atom is 0.0434 e. The van der Waals surface area contributed by atoms with Gasteiger partial charge in [0.15, 0.2) is 0 Å². The molecule has 0 aromatic heterocycles. The summed E-state index contributed by atoms with van der Waals surface area (Å²) in [5, 5.41) is 8.62. The second-order valence-corrected chi connectivity index (χ2v) is 3.74. The molecular weight excluding hydrogens is 160 g/mol. The Balaban J connectivity index is 3.08. The van der Waals surface area contributed by atoms with Crippen LogP contribution in [0.3, 0.4) is 0 Å². The summed E-state index contributed by atoms with van der Waals surface area (Å²) in [6.45, 7) is 6.54. The van der Waals surface area contributed by atoms with Crippen LogP contribution < -0.4 is 0 Å². The molecule has 0 unspecified atom stereocenters. The third kappa shape index (κ3) is 9.62. The van der Waals surface area contributed by atoms with Gasteiger partial charge < -0.3 is 5.11 Å². The van der Waals surface area contributed by atoms with Gasteiger partial charge >= 0.3 is 0 Å². The van der Waals surface area contributed by atoms with Crippen molar-refractivity contribution >= 4 is 0 Å². The molecule has 0 rings (SSSR count). The Labute approximate surface area is 82.9 Å². The van der Waals surface area contributed by atoms with E-state index in [0.29, 0.717) is 6.61 Å². The van der Waals surface area contributed by atoms with E-state index in [1.807, 2.05) is 0 Å². The third-order valence-electron chi connectivity index (χ3n) is 2.32. The van der Waals surface area contributed by atoms with E-state index in [-0.39, 0.29) is 0 Å². The topological polar surface area (TPSA) is 20.2 Å². The second kappa shape index (κ2) is 9.79. The molecule has 1 nitrogen and oxygen atoms in total. The molecule has 0 radical (unpaired) electrons. The predicted octanol–water partition coefficient (Wildman–Crippen LogP) is 3.68. The molecule has 0 heterocycles. The van der Waals surface area contributed by atoms with Crippen molar-refractivity contribution in [3.8, 4) is 0 Å². The molecule has 1 heteroatoms. The fourth-order valence-corrected chi connectivity index (χ4v) is 1.43. The molecule has 78 valence electrons. The van der Waals surface area contributed by atoms with Crippen molar-refractivity contribution in [2.24, 2.45) is 0 Å². The van der Waals surface area contributed by atoms with Gasteiger partial charge in [-0.2, -0.15) is 0 Å². The van der Waals surface area contributed by atoms with Gasteiger partial charge in [0.2, 0.25) is 0 Å². The van der Waals surface area contributed by atoms with Crippen LogP contribution in [0, 0.1) is 0 Å². The summed E-state index contributed by atoms with van der Waals surface area (Å²) in [6, 6.07) is 0. The molecule has 0 aliphatic heterocycles. The van der Waals surface area contributed by atoms with Crippen molar-refractivity contribution in [2.75, 3.05) is 6.61 Å². The van der Waals surface area contributed by atoms with Crippen molar-refractivity contribution in [2.45, 2.75) is 58.3 Å². The summed E-state index contributed by atoms with van der Waals surface area (Å²) < 4.78 is 0. The molecule has 13 heavy (non-hydrogen) atoms. The van der Waals surface area contributed by atoms with Gasteiger partial charge in [-0.3, -0.25) is 0 Å². The summed E-state index contributed by atoms with van der Waals surface area (Å²) in [5.74, 6) is 0.